The number of rotatable bonds is 9. The zero-order valence-electron chi connectivity index (χ0n) is 17.0. The molecule has 0 bridgehead atoms. The van der Waals surface area contributed by atoms with E-state index < -0.39 is 5.97 Å². The molecule has 0 unspecified atom stereocenters. The van der Waals surface area contributed by atoms with Crippen molar-refractivity contribution < 1.29 is 14.3 Å². The Balaban J connectivity index is 1.76. The Labute approximate surface area is 185 Å². The van der Waals surface area contributed by atoms with Crippen molar-refractivity contribution >= 4 is 27.7 Å². The first-order chi connectivity index (χ1) is 14.6. The Morgan fingerprint density at radius 1 is 1.03 bits per heavy atom. The zero-order valence-corrected chi connectivity index (χ0v) is 18.6. The highest BCUT2D eigenvalue weighted by atomic mass is 79.9. The third kappa shape index (κ3) is 5.79. The van der Waals surface area contributed by atoms with Gasteiger partial charge in [-0.3, -0.25) is 0 Å². The molecule has 30 heavy (non-hydrogen) atoms. The van der Waals surface area contributed by atoms with Crippen LogP contribution in [0.25, 0.3) is 0 Å². The minimum Gasteiger partial charge on any atom is -0.489 e. The average molecular weight is 470 g/mol. The third-order valence-electron chi connectivity index (χ3n) is 4.46. The lowest BCUT2D eigenvalue weighted by atomic mass is 10.1. The van der Waals surface area contributed by atoms with E-state index in [9.17, 15) is 4.79 Å². The van der Waals surface area contributed by atoms with Gasteiger partial charge in [0.1, 0.15) is 12.4 Å². The number of hydrogen-bond acceptors (Lipinski definition) is 6. The smallest absolute Gasteiger partial charge is 0.358 e. The van der Waals surface area contributed by atoms with Crippen molar-refractivity contribution in [3.63, 3.8) is 0 Å². The van der Waals surface area contributed by atoms with Crippen LogP contribution in [0.15, 0.2) is 65.1 Å². The summed E-state index contributed by atoms with van der Waals surface area (Å²) in [5.41, 5.74) is 2.34. The first-order valence-electron chi connectivity index (χ1n) is 9.81. The van der Waals surface area contributed by atoms with Gasteiger partial charge in [-0.05, 0) is 49.7 Å². The monoisotopic (exact) mass is 469 g/mol. The van der Waals surface area contributed by atoms with Crippen LogP contribution < -0.4 is 9.64 Å². The quantitative estimate of drug-likeness (QED) is 0.409. The second-order valence-corrected chi connectivity index (χ2v) is 7.45. The molecular weight excluding hydrogens is 446 g/mol. The van der Waals surface area contributed by atoms with Gasteiger partial charge in [0.25, 0.3) is 0 Å². The highest BCUT2D eigenvalue weighted by molar-refractivity contribution is 9.10. The maximum atomic E-state index is 11.8. The molecule has 0 aliphatic rings. The van der Waals surface area contributed by atoms with Crippen LogP contribution in [0.3, 0.4) is 0 Å². The molecule has 2 aromatic carbocycles. The van der Waals surface area contributed by atoms with Crippen LogP contribution in [0.1, 0.15) is 35.5 Å². The summed E-state index contributed by atoms with van der Waals surface area (Å²) in [6, 6.07) is 19.5. The lowest BCUT2D eigenvalue weighted by molar-refractivity contribution is 0.0518. The molecule has 0 radical (unpaired) electrons. The fourth-order valence-electron chi connectivity index (χ4n) is 2.92. The molecule has 0 saturated carbocycles. The lowest BCUT2D eigenvalue weighted by Gasteiger charge is -2.23. The van der Waals surface area contributed by atoms with Gasteiger partial charge in [0.2, 0.25) is 0 Å². The molecule has 0 aliphatic carbocycles. The van der Waals surface area contributed by atoms with E-state index in [-0.39, 0.29) is 5.69 Å². The van der Waals surface area contributed by atoms with Crippen LogP contribution in [0.4, 0.5) is 5.82 Å². The van der Waals surface area contributed by atoms with Crippen LogP contribution in [-0.2, 0) is 17.9 Å². The van der Waals surface area contributed by atoms with Crippen LogP contribution >= 0.6 is 15.9 Å². The molecule has 3 aromatic rings. The number of esters is 1. The van der Waals surface area contributed by atoms with Crippen molar-refractivity contribution in [3.8, 4) is 5.75 Å². The molecule has 0 amide bonds. The average Bonchev–Trinajstić information content (AvgIpc) is 2.78. The second kappa shape index (κ2) is 10.7. The normalized spacial score (nSPS) is 10.5. The number of nitrogens with zero attached hydrogens (tertiary/aromatic N) is 3. The maximum absolute atomic E-state index is 11.8. The Morgan fingerprint density at radius 3 is 2.50 bits per heavy atom. The van der Waals surface area contributed by atoms with Crippen molar-refractivity contribution in [2.45, 2.75) is 27.0 Å². The first kappa shape index (κ1) is 21.8. The van der Waals surface area contributed by atoms with E-state index in [0.717, 1.165) is 27.9 Å². The summed E-state index contributed by atoms with van der Waals surface area (Å²) in [6.07, 6.45) is 0. The van der Waals surface area contributed by atoms with Gasteiger partial charge in [-0.2, -0.15) is 0 Å². The van der Waals surface area contributed by atoms with Crippen LogP contribution in [0, 0.1) is 0 Å². The van der Waals surface area contributed by atoms with Gasteiger partial charge in [-0.25, -0.2) is 4.79 Å². The van der Waals surface area contributed by atoms with Gasteiger partial charge in [-0.15, -0.1) is 10.2 Å². The van der Waals surface area contributed by atoms with E-state index in [1.165, 1.54) is 0 Å². The fourth-order valence-corrected chi connectivity index (χ4v) is 3.32. The van der Waals surface area contributed by atoms with Crippen LogP contribution in [0.5, 0.6) is 5.75 Å². The molecule has 6 nitrogen and oxygen atoms in total. The second-order valence-electron chi connectivity index (χ2n) is 6.54. The number of carbonyl (C=O) groups excluding carboxylic acids is 1. The van der Waals surface area contributed by atoms with Crippen molar-refractivity contribution in [2.75, 3.05) is 18.1 Å². The predicted octanol–water partition coefficient (Wildman–Crippen LogP) is 5.02. The topological polar surface area (TPSA) is 64.5 Å². The largest absolute Gasteiger partial charge is 0.489 e. The van der Waals surface area contributed by atoms with E-state index in [1.807, 2.05) is 55.5 Å². The predicted molar refractivity (Wildman–Crippen MR) is 120 cm³/mol. The van der Waals surface area contributed by atoms with E-state index in [0.29, 0.717) is 25.6 Å². The summed E-state index contributed by atoms with van der Waals surface area (Å²) >= 11 is 3.55. The number of ether oxygens (including phenoxy) is 2. The van der Waals surface area contributed by atoms with Crippen LogP contribution in [0.2, 0.25) is 0 Å². The van der Waals surface area contributed by atoms with Crippen molar-refractivity contribution in [3.05, 3.63) is 82.0 Å². The summed E-state index contributed by atoms with van der Waals surface area (Å²) in [4.78, 5) is 13.9. The number of anilines is 1. The Bertz CT molecular complexity index is 965. The number of benzene rings is 2. The number of carbonyl (C=O) groups is 1. The molecule has 3 rings (SSSR count). The molecule has 156 valence electrons. The number of hydrogen-bond donors (Lipinski definition) is 0. The van der Waals surface area contributed by atoms with Crippen molar-refractivity contribution in [1.82, 2.24) is 10.2 Å². The molecule has 7 heteroatoms. The third-order valence-corrected chi connectivity index (χ3v) is 4.95. The van der Waals surface area contributed by atoms with E-state index in [4.69, 9.17) is 9.47 Å². The van der Waals surface area contributed by atoms with E-state index >= 15 is 0 Å². The van der Waals surface area contributed by atoms with Gasteiger partial charge in [0.05, 0.1) is 6.61 Å². The molecular formula is C23H24BrN3O3. The number of halogens is 1. The Morgan fingerprint density at radius 2 is 1.83 bits per heavy atom. The molecule has 0 atom stereocenters. The van der Waals surface area contributed by atoms with E-state index in [2.05, 4.69) is 31.0 Å². The molecule has 1 aromatic heterocycles. The molecule has 0 spiro atoms. The van der Waals surface area contributed by atoms with Gasteiger partial charge in [0.15, 0.2) is 11.5 Å². The minimum atomic E-state index is -0.469. The minimum absolute atomic E-state index is 0.200. The SMILES string of the molecule is CCOC(=O)c1ccc(N(CC)Cc2cc(Br)ccc2OCc2ccccc2)nn1. The highest BCUT2D eigenvalue weighted by Gasteiger charge is 2.14. The molecule has 0 saturated heterocycles. The Kier molecular flexibility index (Phi) is 7.79. The molecule has 0 fully saturated rings. The summed E-state index contributed by atoms with van der Waals surface area (Å²) in [7, 11) is 0. The molecule has 0 aliphatic heterocycles. The number of aromatic nitrogens is 2. The zero-order chi connectivity index (χ0) is 21.3. The Hall–Kier alpha value is -2.93. The summed E-state index contributed by atoms with van der Waals surface area (Å²) < 4.78 is 12.0. The highest BCUT2D eigenvalue weighted by Crippen LogP contribution is 2.27. The van der Waals surface area contributed by atoms with Crippen molar-refractivity contribution in [2.24, 2.45) is 0 Å². The van der Waals surface area contributed by atoms with Gasteiger partial charge < -0.3 is 14.4 Å². The van der Waals surface area contributed by atoms with Gasteiger partial charge in [-0.1, -0.05) is 46.3 Å². The van der Waals surface area contributed by atoms with Gasteiger partial charge in [0, 0.05) is 23.1 Å². The molecule has 1 heterocycles. The van der Waals surface area contributed by atoms with Gasteiger partial charge >= 0.3 is 5.97 Å². The maximum Gasteiger partial charge on any atom is 0.358 e. The molecule has 0 N–H and O–H groups in total. The standard InChI is InChI=1S/C23H24BrN3O3/c1-3-27(22-13-11-20(25-26-22)23(28)29-4-2)15-18-14-19(24)10-12-21(18)30-16-17-8-6-5-7-9-17/h5-14H,3-4,15-16H2,1-2H3. The first-order valence-corrected chi connectivity index (χ1v) is 10.6. The fraction of sp³-hybridized carbons (Fsp3) is 0.261. The summed E-state index contributed by atoms with van der Waals surface area (Å²) in [6.45, 7) is 5.91. The van der Waals surface area contributed by atoms with Crippen molar-refractivity contribution in [1.29, 1.82) is 0 Å². The van der Waals surface area contributed by atoms with Crippen LogP contribution in [-0.4, -0.2) is 29.3 Å². The summed E-state index contributed by atoms with van der Waals surface area (Å²) in [5, 5.41) is 8.23. The van der Waals surface area contributed by atoms with E-state index in [1.54, 1.807) is 19.1 Å². The lowest BCUT2D eigenvalue weighted by Crippen LogP contribution is -2.24. The summed E-state index contributed by atoms with van der Waals surface area (Å²) in [5.74, 6) is 1.03.